The summed E-state index contributed by atoms with van der Waals surface area (Å²) in [7, 11) is 0. The Balaban J connectivity index is 2.61. The van der Waals surface area contributed by atoms with Gasteiger partial charge in [-0.1, -0.05) is 11.6 Å². The molecule has 0 fully saturated rings. The average molecular weight is 260 g/mol. The lowest BCUT2D eigenvalue weighted by molar-refractivity contribution is -0.384. The van der Waals surface area contributed by atoms with Crippen LogP contribution >= 0.6 is 11.6 Å². The first-order valence-electron chi connectivity index (χ1n) is 5.22. The highest BCUT2D eigenvalue weighted by Gasteiger charge is 2.15. The van der Waals surface area contributed by atoms with E-state index in [1.807, 2.05) is 0 Å². The number of aliphatic hydroxyl groups is 1. The molecule has 7 heteroatoms. The molecule has 0 aliphatic rings. The maximum absolute atomic E-state index is 10.7. The molecule has 17 heavy (non-hydrogen) atoms. The second-order valence-corrected chi connectivity index (χ2v) is 4.13. The van der Waals surface area contributed by atoms with Crippen molar-refractivity contribution >= 4 is 23.1 Å². The molecule has 6 nitrogen and oxygen atoms in total. The van der Waals surface area contributed by atoms with Gasteiger partial charge in [0.2, 0.25) is 5.82 Å². The van der Waals surface area contributed by atoms with Crippen molar-refractivity contribution < 1.29 is 10.0 Å². The Morgan fingerprint density at radius 2 is 2.41 bits per heavy atom. The Hall–Kier alpha value is -1.40. The fourth-order valence-corrected chi connectivity index (χ4v) is 1.46. The van der Waals surface area contributed by atoms with Crippen molar-refractivity contribution in [3.63, 3.8) is 0 Å². The maximum Gasteiger partial charge on any atom is 0.312 e. The number of halogens is 1. The topological polar surface area (TPSA) is 88.3 Å². The van der Waals surface area contributed by atoms with E-state index in [-0.39, 0.29) is 22.6 Å². The highest BCUT2D eigenvalue weighted by Crippen LogP contribution is 2.24. The van der Waals surface area contributed by atoms with Crippen molar-refractivity contribution in [1.29, 1.82) is 0 Å². The van der Waals surface area contributed by atoms with Crippen LogP contribution in [0.2, 0.25) is 5.02 Å². The van der Waals surface area contributed by atoms with Crippen molar-refractivity contribution in [2.75, 3.05) is 11.9 Å². The lowest BCUT2D eigenvalue weighted by Gasteiger charge is -2.07. The van der Waals surface area contributed by atoms with E-state index in [0.717, 1.165) is 0 Å². The van der Waals surface area contributed by atoms with Gasteiger partial charge in [0, 0.05) is 18.8 Å². The fraction of sp³-hybridized carbons (Fsp3) is 0.500. The van der Waals surface area contributed by atoms with Crippen molar-refractivity contribution in [3.05, 3.63) is 27.4 Å². The third kappa shape index (κ3) is 4.54. The van der Waals surface area contributed by atoms with Crippen LogP contribution in [0.15, 0.2) is 12.3 Å². The van der Waals surface area contributed by atoms with E-state index >= 15 is 0 Å². The van der Waals surface area contributed by atoms with Crippen LogP contribution in [0.1, 0.15) is 19.8 Å². The molecule has 0 saturated heterocycles. The summed E-state index contributed by atoms with van der Waals surface area (Å²) in [5.74, 6) is 0.199. The minimum absolute atomic E-state index is 0.144. The molecule has 1 aromatic heterocycles. The van der Waals surface area contributed by atoms with Crippen molar-refractivity contribution in [3.8, 4) is 0 Å². The van der Waals surface area contributed by atoms with Crippen molar-refractivity contribution in [2.45, 2.75) is 25.9 Å². The Bertz CT molecular complexity index is 398. The smallest absolute Gasteiger partial charge is 0.312 e. The van der Waals surface area contributed by atoms with Crippen LogP contribution in [0, 0.1) is 10.1 Å². The zero-order valence-corrected chi connectivity index (χ0v) is 10.1. The number of hydrogen-bond acceptors (Lipinski definition) is 5. The molecule has 0 aromatic carbocycles. The molecule has 0 aliphatic carbocycles. The van der Waals surface area contributed by atoms with Crippen LogP contribution in [0.5, 0.6) is 0 Å². The molecule has 0 bridgehead atoms. The quantitative estimate of drug-likeness (QED) is 0.465. The van der Waals surface area contributed by atoms with Gasteiger partial charge in [-0.15, -0.1) is 0 Å². The minimum Gasteiger partial charge on any atom is -0.393 e. The molecule has 0 radical (unpaired) electrons. The monoisotopic (exact) mass is 259 g/mol. The van der Waals surface area contributed by atoms with E-state index in [1.165, 1.54) is 12.3 Å². The van der Waals surface area contributed by atoms with Gasteiger partial charge in [0.05, 0.1) is 16.0 Å². The SMILES string of the molecule is CC(O)CCCNc1ncc(Cl)cc1[N+](=O)[O-]. The number of nitrogens with one attached hydrogen (secondary N) is 1. The van der Waals surface area contributed by atoms with Gasteiger partial charge in [0.25, 0.3) is 0 Å². The van der Waals surface area contributed by atoms with Crippen molar-refractivity contribution in [1.82, 2.24) is 4.98 Å². The Morgan fingerprint density at radius 1 is 1.71 bits per heavy atom. The van der Waals surface area contributed by atoms with Gasteiger partial charge in [-0.05, 0) is 19.8 Å². The molecule has 0 aliphatic heterocycles. The molecule has 1 heterocycles. The standard InChI is InChI=1S/C10H14ClN3O3/c1-7(15)3-2-4-12-10-9(14(16)17)5-8(11)6-13-10/h5-7,15H,2-4H2,1H3,(H,12,13). The minimum atomic E-state index is -0.532. The molecule has 1 aromatic rings. The third-order valence-electron chi connectivity index (χ3n) is 2.12. The molecule has 0 spiro atoms. The van der Waals surface area contributed by atoms with E-state index in [4.69, 9.17) is 16.7 Å². The van der Waals surface area contributed by atoms with Gasteiger partial charge in [-0.25, -0.2) is 4.98 Å². The molecule has 0 saturated carbocycles. The first kappa shape index (κ1) is 13.7. The van der Waals surface area contributed by atoms with Crippen LogP contribution in [-0.4, -0.2) is 27.7 Å². The zero-order chi connectivity index (χ0) is 12.8. The first-order valence-corrected chi connectivity index (χ1v) is 5.60. The number of rotatable bonds is 6. The second kappa shape index (κ2) is 6.36. The van der Waals surface area contributed by atoms with Gasteiger partial charge < -0.3 is 10.4 Å². The van der Waals surface area contributed by atoms with E-state index < -0.39 is 4.92 Å². The van der Waals surface area contributed by atoms with Crippen molar-refractivity contribution in [2.24, 2.45) is 0 Å². The number of hydrogen-bond donors (Lipinski definition) is 2. The number of nitrogens with zero attached hydrogens (tertiary/aromatic N) is 2. The normalized spacial score (nSPS) is 12.2. The molecule has 94 valence electrons. The lowest BCUT2D eigenvalue weighted by atomic mass is 10.2. The van der Waals surface area contributed by atoms with Gasteiger partial charge >= 0.3 is 5.69 Å². The lowest BCUT2D eigenvalue weighted by Crippen LogP contribution is -2.09. The largest absolute Gasteiger partial charge is 0.393 e. The fourth-order valence-electron chi connectivity index (χ4n) is 1.31. The van der Waals surface area contributed by atoms with Gasteiger partial charge in [-0.3, -0.25) is 10.1 Å². The Kier molecular flexibility index (Phi) is 5.11. The van der Waals surface area contributed by atoms with E-state index in [1.54, 1.807) is 6.92 Å². The van der Waals surface area contributed by atoms with Gasteiger partial charge in [-0.2, -0.15) is 0 Å². The molecular formula is C10H14ClN3O3. The molecule has 1 atom stereocenters. The highest BCUT2D eigenvalue weighted by molar-refractivity contribution is 6.30. The Labute approximate surface area is 104 Å². The molecule has 2 N–H and O–H groups in total. The zero-order valence-electron chi connectivity index (χ0n) is 9.39. The highest BCUT2D eigenvalue weighted by atomic mass is 35.5. The van der Waals surface area contributed by atoms with Crippen LogP contribution in [0.3, 0.4) is 0 Å². The molecular weight excluding hydrogens is 246 g/mol. The third-order valence-corrected chi connectivity index (χ3v) is 2.33. The predicted octanol–water partition coefficient (Wildman–Crippen LogP) is 2.22. The van der Waals surface area contributed by atoms with Crippen LogP contribution in [-0.2, 0) is 0 Å². The van der Waals surface area contributed by atoms with Crippen LogP contribution < -0.4 is 5.32 Å². The maximum atomic E-state index is 10.7. The number of aliphatic hydroxyl groups excluding tert-OH is 1. The summed E-state index contributed by atoms with van der Waals surface area (Å²) in [6.07, 6.45) is 2.32. The number of anilines is 1. The predicted molar refractivity (Wildman–Crippen MR) is 65.3 cm³/mol. The summed E-state index contributed by atoms with van der Waals surface area (Å²) in [5, 5.41) is 22.9. The van der Waals surface area contributed by atoms with Crippen LogP contribution in [0.4, 0.5) is 11.5 Å². The summed E-state index contributed by atoms with van der Waals surface area (Å²) in [6, 6.07) is 1.26. The van der Waals surface area contributed by atoms with E-state index in [2.05, 4.69) is 10.3 Å². The van der Waals surface area contributed by atoms with Gasteiger partial charge in [0.15, 0.2) is 0 Å². The number of nitro groups is 1. The summed E-state index contributed by atoms with van der Waals surface area (Å²) >= 11 is 5.64. The molecule has 0 amide bonds. The second-order valence-electron chi connectivity index (χ2n) is 3.70. The summed E-state index contributed by atoms with van der Waals surface area (Å²) in [5.41, 5.74) is -0.144. The van der Waals surface area contributed by atoms with Gasteiger partial charge in [0.1, 0.15) is 0 Å². The van der Waals surface area contributed by atoms with Crippen LogP contribution in [0.25, 0.3) is 0 Å². The summed E-state index contributed by atoms with van der Waals surface area (Å²) < 4.78 is 0. The average Bonchev–Trinajstić information content (AvgIpc) is 2.25. The van der Waals surface area contributed by atoms with E-state index in [0.29, 0.717) is 19.4 Å². The summed E-state index contributed by atoms with van der Waals surface area (Å²) in [6.45, 7) is 2.21. The number of pyridine rings is 1. The molecule has 1 unspecified atom stereocenters. The summed E-state index contributed by atoms with van der Waals surface area (Å²) in [4.78, 5) is 14.1. The van der Waals surface area contributed by atoms with E-state index in [9.17, 15) is 10.1 Å². The number of aromatic nitrogens is 1. The first-order chi connectivity index (χ1) is 8.00. The Morgan fingerprint density at radius 3 is 3.00 bits per heavy atom. The molecule has 1 rings (SSSR count).